The zero-order valence-corrected chi connectivity index (χ0v) is 15.7. The van der Waals surface area contributed by atoms with E-state index in [4.69, 9.17) is 11.6 Å². The molecule has 0 spiro atoms. The van der Waals surface area contributed by atoms with Crippen molar-refractivity contribution in [1.29, 1.82) is 0 Å². The molecule has 0 amide bonds. The highest BCUT2D eigenvalue weighted by Gasteiger charge is 2.22. The number of hydrogen-bond donors (Lipinski definition) is 2. The monoisotopic (exact) mass is 372 g/mol. The summed E-state index contributed by atoms with van der Waals surface area (Å²) in [7, 11) is 0. The van der Waals surface area contributed by atoms with E-state index in [0.29, 0.717) is 23.3 Å². The number of rotatable bonds is 5. The van der Waals surface area contributed by atoms with E-state index in [-0.39, 0.29) is 16.5 Å². The molecular formula is C19H21ClN4O2. The van der Waals surface area contributed by atoms with Crippen LogP contribution in [0.15, 0.2) is 42.7 Å². The Morgan fingerprint density at radius 2 is 1.96 bits per heavy atom. The van der Waals surface area contributed by atoms with Crippen LogP contribution < -0.4 is 5.32 Å². The molecule has 0 aliphatic heterocycles. The Morgan fingerprint density at radius 3 is 2.58 bits per heavy atom. The zero-order valence-electron chi connectivity index (χ0n) is 14.9. The molecule has 0 saturated heterocycles. The number of carboxylic acids is 1. The minimum absolute atomic E-state index is 0.123. The van der Waals surface area contributed by atoms with Crippen LogP contribution in [0, 0.1) is 0 Å². The summed E-state index contributed by atoms with van der Waals surface area (Å²) >= 11 is 6.53. The molecule has 0 aliphatic rings. The molecule has 0 saturated carbocycles. The summed E-state index contributed by atoms with van der Waals surface area (Å²) in [5.74, 6) is -1.03. The zero-order chi connectivity index (χ0) is 18.9. The minimum atomic E-state index is -1.03. The van der Waals surface area contributed by atoms with Gasteiger partial charge in [0.2, 0.25) is 0 Å². The van der Waals surface area contributed by atoms with Gasteiger partial charge in [-0.05, 0) is 26.3 Å². The molecule has 0 aliphatic carbocycles. The lowest BCUT2D eigenvalue weighted by atomic mass is 10.1. The molecule has 7 heteroatoms. The highest BCUT2D eigenvalue weighted by molar-refractivity contribution is 6.20. The second kappa shape index (κ2) is 6.96. The summed E-state index contributed by atoms with van der Waals surface area (Å²) < 4.78 is 1.71. The molecule has 0 bridgehead atoms. The molecule has 3 aromatic rings. The Labute approximate surface area is 156 Å². The maximum absolute atomic E-state index is 11.6. The van der Waals surface area contributed by atoms with E-state index in [1.165, 1.54) is 6.20 Å². The molecular weight excluding hydrogens is 352 g/mol. The Kier molecular flexibility index (Phi) is 4.87. The van der Waals surface area contributed by atoms with Gasteiger partial charge in [0.1, 0.15) is 5.56 Å². The van der Waals surface area contributed by atoms with Gasteiger partial charge in [0, 0.05) is 11.7 Å². The van der Waals surface area contributed by atoms with Crippen molar-refractivity contribution in [2.75, 3.05) is 5.32 Å². The van der Waals surface area contributed by atoms with Crippen LogP contribution >= 0.6 is 11.6 Å². The number of nitrogens with zero attached hydrogens (tertiary/aromatic N) is 3. The molecule has 26 heavy (non-hydrogen) atoms. The summed E-state index contributed by atoms with van der Waals surface area (Å²) in [6.07, 6.45) is 3.00. The van der Waals surface area contributed by atoms with E-state index in [1.807, 2.05) is 51.1 Å². The predicted octanol–water partition coefficient (Wildman–Crippen LogP) is 4.32. The fourth-order valence-corrected chi connectivity index (χ4v) is 3.03. The van der Waals surface area contributed by atoms with Crippen molar-refractivity contribution < 1.29 is 9.90 Å². The van der Waals surface area contributed by atoms with Gasteiger partial charge in [-0.2, -0.15) is 5.10 Å². The number of alkyl halides is 1. The summed E-state index contributed by atoms with van der Waals surface area (Å²) in [6.45, 7) is 6.35. The third-order valence-corrected chi connectivity index (χ3v) is 4.28. The number of anilines is 1. The van der Waals surface area contributed by atoms with Crippen LogP contribution in [-0.4, -0.2) is 31.4 Å². The average molecular weight is 373 g/mol. The van der Waals surface area contributed by atoms with E-state index < -0.39 is 5.97 Å². The third-order valence-electron chi connectivity index (χ3n) is 3.89. The van der Waals surface area contributed by atoms with Crippen LogP contribution in [0.4, 0.5) is 5.69 Å². The maximum Gasteiger partial charge on any atom is 0.339 e. The third kappa shape index (κ3) is 3.80. The average Bonchev–Trinajstić information content (AvgIpc) is 2.98. The van der Waals surface area contributed by atoms with Crippen LogP contribution in [0.1, 0.15) is 42.1 Å². The largest absolute Gasteiger partial charge is 0.478 e. The number of fused-ring (bicyclic) bond motifs is 1. The molecule has 1 unspecified atom stereocenters. The molecule has 6 nitrogen and oxygen atoms in total. The first-order valence-electron chi connectivity index (χ1n) is 8.31. The summed E-state index contributed by atoms with van der Waals surface area (Å²) in [5.41, 5.74) is 1.93. The van der Waals surface area contributed by atoms with E-state index in [1.54, 1.807) is 10.9 Å². The van der Waals surface area contributed by atoms with Gasteiger partial charge in [-0.25, -0.2) is 14.5 Å². The van der Waals surface area contributed by atoms with Crippen molar-refractivity contribution in [3.63, 3.8) is 0 Å². The number of pyridine rings is 1. The Balaban J connectivity index is 2.02. The predicted molar refractivity (Wildman–Crippen MR) is 103 cm³/mol. The molecule has 2 heterocycles. The SMILES string of the molecule is CC(C)(C)Nc1c(C(=O)O)cnc2c1cnn2CC(Cl)c1ccccc1. The molecule has 1 atom stereocenters. The first kappa shape index (κ1) is 18.2. The van der Waals surface area contributed by atoms with E-state index in [0.717, 1.165) is 5.56 Å². The van der Waals surface area contributed by atoms with Crippen LogP contribution in [0.3, 0.4) is 0 Å². The number of aromatic nitrogens is 3. The first-order valence-corrected chi connectivity index (χ1v) is 8.75. The summed E-state index contributed by atoms with van der Waals surface area (Å²) in [5, 5.41) is 17.5. The number of aromatic carboxylic acids is 1. The van der Waals surface area contributed by atoms with E-state index in [2.05, 4.69) is 15.4 Å². The standard InChI is InChI=1S/C19H21ClN4O2/c1-19(2,3)23-16-13-10-22-24(17(13)21-9-14(16)18(25)26)11-15(20)12-7-5-4-6-8-12/h4-10,15H,11H2,1-3H3,(H,21,23)(H,25,26). The van der Waals surface area contributed by atoms with Crippen LogP contribution in [0.25, 0.3) is 11.0 Å². The highest BCUT2D eigenvalue weighted by Crippen LogP contribution is 2.30. The second-order valence-electron chi connectivity index (χ2n) is 7.17. The van der Waals surface area contributed by atoms with E-state index >= 15 is 0 Å². The first-order chi connectivity index (χ1) is 12.3. The Hall–Kier alpha value is -2.60. The Bertz CT molecular complexity index is 932. The summed E-state index contributed by atoms with van der Waals surface area (Å²) in [4.78, 5) is 15.9. The lowest BCUT2D eigenvalue weighted by Crippen LogP contribution is -2.27. The van der Waals surface area contributed by atoms with Crippen molar-refractivity contribution in [2.24, 2.45) is 0 Å². The van der Waals surface area contributed by atoms with Crippen molar-refractivity contribution in [3.05, 3.63) is 53.9 Å². The quantitative estimate of drug-likeness (QED) is 0.652. The fraction of sp³-hybridized carbons (Fsp3) is 0.316. The van der Waals surface area contributed by atoms with Crippen molar-refractivity contribution in [1.82, 2.24) is 14.8 Å². The Morgan fingerprint density at radius 1 is 1.27 bits per heavy atom. The number of hydrogen-bond acceptors (Lipinski definition) is 4. The maximum atomic E-state index is 11.6. The topological polar surface area (TPSA) is 80.0 Å². The number of carbonyl (C=O) groups is 1. The summed E-state index contributed by atoms with van der Waals surface area (Å²) in [6, 6.07) is 9.75. The van der Waals surface area contributed by atoms with Gasteiger partial charge in [-0.3, -0.25) is 0 Å². The highest BCUT2D eigenvalue weighted by atomic mass is 35.5. The normalized spacial score (nSPS) is 12.9. The van der Waals surface area contributed by atoms with Gasteiger partial charge in [-0.15, -0.1) is 11.6 Å². The van der Waals surface area contributed by atoms with Gasteiger partial charge >= 0.3 is 5.97 Å². The van der Waals surface area contributed by atoms with Gasteiger partial charge in [0.15, 0.2) is 5.65 Å². The van der Waals surface area contributed by atoms with Crippen molar-refractivity contribution in [2.45, 2.75) is 38.2 Å². The molecule has 1 aromatic carbocycles. The number of halogens is 1. The van der Waals surface area contributed by atoms with Gasteiger partial charge in [0.05, 0.1) is 29.2 Å². The molecule has 0 fully saturated rings. The smallest absolute Gasteiger partial charge is 0.339 e. The van der Waals surface area contributed by atoms with Crippen LogP contribution in [-0.2, 0) is 6.54 Å². The van der Waals surface area contributed by atoms with Gasteiger partial charge < -0.3 is 10.4 Å². The number of benzene rings is 1. The molecule has 136 valence electrons. The molecule has 3 rings (SSSR count). The molecule has 2 aromatic heterocycles. The van der Waals surface area contributed by atoms with Crippen molar-refractivity contribution in [3.8, 4) is 0 Å². The number of carboxylic acid groups (broad SMARTS) is 1. The second-order valence-corrected chi connectivity index (χ2v) is 7.70. The van der Waals surface area contributed by atoms with Crippen molar-refractivity contribution >= 4 is 34.3 Å². The van der Waals surface area contributed by atoms with Gasteiger partial charge in [-0.1, -0.05) is 30.3 Å². The molecule has 2 N–H and O–H groups in total. The lowest BCUT2D eigenvalue weighted by molar-refractivity contribution is 0.0697. The fourth-order valence-electron chi connectivity index (χ4n) is 2.75. The van der Waals surface area contributed by atoms with Gasteiger partial charge in [0.25, 0.3) is 0 Å². The minimum Gasteiger partial charge on any atom is -0.478 e. The molecule has 0 radical (unpaired) electrons. The van der Waals surface area contributed by atoms with E-state index in [9.17, 15) is 9.90 Å². The number of nitrogens with one attached hydrogen (secondary N) is 1. The lowest BCUT2D eigenvalue weighted by Gasteiger charge is -2.23. The van der Waals surface area contributed by atoms with Crippen LogP contribution in [0.2, 0.25) is 0 Å². The van der Waals surface area contributed by atoms with Crippen LogP contribution in [0.5, 0.6) is 0 Å².